The molecule has 2 saturated carbocycles. The number of hydrogen-bond acceptors (Lipinski definition) is 2. The van der Waals surface area contributed by atoms with Crippen molar-refractivity contribution in [2.75, 3.05) is 13.2 Å². The van der Waals surface area contributed by atoms with E-state index in [9.17, 15) is 5.11 Å². The first kappa shape index (κ1) is 12.4. The summed E-state index contributed by atoms with van der Waals surface area (Å²) in [5, 5.41) is 10.8. The standard InChI is InChI=1S/C14H26O2/c1-3-4-8-16-10-14(15)12-6-5-7-13(14)11(2)9-12/h11-13,15H,3-10H2,1-2H3/t11-,12?,13+,14+/m0/s1. The molecule has 0 radical (unpaired) electrons. The Balaban J connectivity index is 1.90. The van der Waals surface area contributed by atoms with Crippen LogP contribution in [0.2, 0.25) is 0 Å². The predicted molar refractivity (Wildman–Crippen MR) is 65.3 cm³/mol. The van der Waals surface area contributed by atoms with Gasteiger partial charge in [0.2, 0.25) is 0 Å². The minimum atomic E-state index is -0.495. The van der Waals surface area contributed by atoms with Crippen LogP contribution in [0.5, 0.6) is 0 Å². The maximum absolute atomic E-state index is 10.8. The third kappa shape index (κ3) is 2.14. The summed E-state index contributed by atoms with van der Waals surface area (Å²) in [6.45, 7) is 5.86. The summed E-state index contributed by atoms with van der Waals surface area (Å²) >= 11 is 0. The smallest absolute Gasteiger partial charge is 0.0938 e. The van der Waals surface area contributed by atoms with E-state index in [1.165, 1.54) is 32.1 Å². The molecule has 2 fully saturated rings. The quantitative estimate of drug-likeness (QED) is 0.730. The van der Waals surface area contributed by atoms with Crippen LogP contribution in [0.1, 0.15) is 52.4 Å². The molecular weight excluding hydrogens is 200 g/mol. The summed E-state index contributed by atoms with van der Waals surface area (Å²) in [7, 11) is 0. The molecule has 2 heteroatoms. The average Bonchev–Trinajstić information content (AvgIpc) is 2.43. The molecule has 1 N–H and O–H groups in total. The van der Waals surface area contributed by atoms with Crippen LogP contribution in [0.25, 0.3) is 0 Å². The molecule has 2 rings (SSSR count). The molecule has 0 heterocycles. The van der Waals surface area contributed by atoms with Gasteiger partial charge in [0.25, 0.3) is 0 Å². The van der Waals surface area contributed by atoms with Gasteiger partial charge in [-0.15, -0.1) is 0 Å². The van der Waals surface area contributed by atoms with Crippen molar-refractivity contribution in [3.63, 3.8) is 0 Å². The van der Waals surface area contributed by atoms with E-state index in [0.717, 1.165) is 13.0 Å². The van der Waals surface area contributed by atoms with Crippen LogP contribution in [0.15, 0.2) is 0 Å². The van der Waals surface area contributed by atoms with Gasteiger partial charge >= 0.3 is 0 Å². The molecule has 2 nitrogen and oxygen atoms in total. The summed E-state index contributed by atoms with van der Waals surface area (Å²) in [6, 6.07) is 0. The fraction of sp³-hybridized carbons (Fsp3) is 1.00. The second kappa shape index (κ2) is 5.05. The zero-order chi connectivity index (χ0) is 11.6. The van der Waals surface area contributed by atoms with E-state index < -0.39 is 5.60 Å². The summed E-state index contributed by atoms with van der Waals surface area (Å²) in [6.07, 6.45) is 7.19. The lowest BCUT2D eigenvalue weighted by Gasteiger charge is -2.39. The third-order valence-corrected chi connectivity index (χ3v) is 4.74. The second-order valence-corrected chi connectivity index (χ2v) is 5.84. The highest BCUT2D eigenvalue weighted by molar-refractivity contribution is 5.04. The number of hydrogen-bond donors (Lipinski definition) is 1. The fourth-order valence-corrected chi connectivity index (χ4v) is 3.81. The highest BCUT2D eigenvalue weighted by Gasteiger charge is 2.54. The Morgan fingerprint density at radius 2 is 2.19 bits per heavy atom. The van der Waals surface area contributed by atoms with E-state index in [0.29, 0.717) is 24.4 Å². The molecule has 94 valence electrons. The van der Waals surface area contributed by atoms with Gasteiger partial charge in [0.15, 0.2) is 0 Å². The minimum Gasteiger partial charge on any atom is -0.387 e. The first-order valence-electron chi connectivity index (χ1n) is 6.98. The van der Waals surface area contributed by atoms with Crippen molar-refractivity contribution in [1.82, 2.24) is 0 Å². The first-order valence-corrected chi connectivity index (χ1v) is 6.98. The summed E-state index contributed by atoms with van der Waals surface area (Å²) < 4.78 is 5.70. The Kier molecular flexibility index (Phi) is 3.91. The van der Waals surface area contributed by atoms with Gasteiger partial charge in [-0.2, -0.15) is 0 Å². The molecule has 0 aromatic carbocycles. The van der Waals surface area contributed by atoms with Gasteiger partial charge in [0.05, 0.1) is 12.2 Å². The van der Waals surface area contributed by atoms with Crippen molar-refractivity contribution in [2.45, 2.75) is 58.0 Å². The molecule has 0 amide bonds. The van der Waals surface area contributed by atoms with E-state index in [4.69, 9.17) is 4.74 Å². The van der Waals surface area contributed by atoms with E-state index in [1.807, 2.05) is 0 Å². The number of fused-ring (bicyclic) bond motifs is 2. The Morgan fingerprint density at radius 1 is 1.38 bits per heavy atom. The lowest BCUT2D eigenvalue weighted by molar-refractivity contribution is -0.118. The van der Waals surface area contributed by atoms with E-state index in [2.05, 4.69) is 13.8 Å². The van der Waals surface area contributed by atoms with Crippen molar-refractivity contribution in [3.8, 4) is 0 Å². The predicted octanol–water partition coefficient (Wildman–Crippen LogP) is 2.99. The molecule has 16 heavy (non-hydrogen) atoms. The normalized spacial score (nSPS) is 42.6. The molecule has 2 bridgehead atoms. The number of rotatable bonds is 5. The number of unbranched alkanes of at least 4 members (excludes halogenated alkanes) is 1. The van der Waals surface area contributed by atoms with Crippen LogP contribution in [0.4, 0.5) is 0 Å². The van der Waals surface area contributed by atoms with Gasteiger partial charge in [-0.05, 0) is 43.4 Å². The molecule has 2 aliphatic carbocycles. The Bertz CT molecular complexity index is 229. The van der Waals surface area contributed by atoms with Crippen molar-refractivity contribution in [1.29, 1.82) is 0 Å². The van der Waals surface area contributed by atoms with Crippen LogP contribution < -0.4 is 0 Å². The summed E-state index contributed by atoms with van der Waals surface area (Å²) in [4.78, 5) is 0. The monoisotopic (exact) mass is 226 g/mol. The Hall–Kier alpha value is -0.0800. The highest BCUT2D eigenvalue weighted by atomic mass is 16.5. The van der Waals surface area contributed by atoms with Gasteiger partial charge in [0.1, 0.15) is 0 Å². The van der Waals surface area contributed by atoms with E-state index >= 15 is 0 Å². The average molecular weight is 226 g/mol. The Morgan fingerprint density at radius 3 is 2.88 bits per heavy atom. The second-order valence-electron chi connectivity index (χ2n) is 5.84. The van der Waals surface area contributed by atoms with Crippen LogP contribution in [0, 0.1) is 17.8 Å². The fourth-order valence-electron chi connectivity index (χ4n) is 3.81. The highest BCUT2D eigenvalue weighted by Crippen LogP contribution is 2.52. The lowest BCUT2D eigenvalue weighted by Crippen LogP contribution is -2.47. The molecular formula is C14H26O2. The molecule has 0 saturated heterocycles. The van der Waals surface area contributed by atoms with Crippen LogP contribution in [0.3, 0.4) is 0 Å². The first-order chi connectivity index (χ1) is 7.68. The molecule has 0 aliphatic heterocycles. The largest absolute Gasteiger partial charge is 0.387 e. The van der Waals surface area contributed by atoms with Gasteiger partial charge in [-0.1, -0.05) is 26.7 Å². The van der Waals surface area contributed by atoms with Crippen molar-refractivity contribution in [3.05, 3.63) is 0 Å². The van der Waals surface area contributed by atoms with Gasteiger partial charge in [0, 0.05) is 6.61 Å². The van der Waals surface area contributed by atoms with E-state index in [1.54, 1.807) is 0 Å². The summed E-state index contributed by atoms with van der Waals surface area (Å²) in [5.41, 5.74) is -0.495. The number of ether oxygens (including phenoxy) is 1. The van der Waals surface area contributed by atoms with Crippen molar-refractivity contribution in [2.24, 2.45) is 17.8 Å². The van der Waals surface area contributed by atoms with Crippen molar-refractivity contribution < 1.29 is 9.84 Å². The van der Waals surface area contributed by atoms with Crippen LogP contribution in [-0.2, 0) is 4.74 Å². The molecule has 2 aliphatic rings. The third-order valence-electron chi connectivity index (χ3n) is 4.74. The zero-order valence-corrected chi connectivity index (χ0v) is 10.7. The molecule has 0 spiro atoms. The molecule has 4 atom stereocenters. The molecule has 1 unspecified atom stereocenters. The maximum atomic E-state index is 10.8. The molecule has 0 aromatic heterocycles. The topological polar surface area (TPSA) is 29.5 Å². The SMILES string of the molecule is CCCCOC[C@@]1(O)C2CCC[C@@H]1[C@@H](C)C2. The summed E-state index contributed by atoms with van der Waals surface area (Å²) in [5.74, 6) is 1.68. The zero-order valence-electron chi connectivity index (χ0n) is 10.7. The van der Waals surface area contributed by atoms with Gasteiger partial charge in [-0.25, -0.2) is 0 Å². The van der Waals surface area contributed by atoms with Crippen LogP contribution >= 0.6 is 0 Å². The van der Waals surface area contributed by atoms with E-state index in [-0.39, 0.29) is 0 Å². The van der Waals surface area contributed by atoms with Gasteiger partial charge in [-0.3, -0.25) is 0 Å². The maximum Gasteiger partial charge on any atom is 0.0938 e. The minimum absolute atomic E-state index is 0.493. The lowest BCUT2D eigenvalue weighted by atomic mass is 9.74. The Labute approximate surface area is 99.4 Å². The molecule has 0 aromatic rings. The van der Waals surface area contributed by atoms with Crippen LogP contribution in [-0.4, -0.2) is 23.9 Å². The number of aliphatic hydroxyl groups is 1. The van der Waals surface area contributed by atoms with Crippen molar-refractivity contribution >= 4 is 0 Å². The van der Waals surface area contributed by atoms with Gasteiger partial charge < -0.3 is 9.84 Å².